The molecule has 23 heavy (non-hydrogen) atoms. The summed E-state index contributed by atoms with van der Waals surface area (Å²) in [6.45, 7) is 5.82. The van der Waals surface area contributed by atoms with Gasteiger partial charge in [0.1, 0.15) is 0 Å². The van der Waals surface area contributed by atoms with Crippen molar-refractivity contribution in [3.05, 3.63) is 35.0 Å². The Bertz CT molecular complexity index is 698. The quantitative estimate of drug-likeness (QED) is 0.857. The van der Waals surface area contributed by atoms with Crippen molar-refractivity contribution in [1.29, 1.82) is 0 Å². The van der Waals surface area contributed by atoms with E-state index in [0.717, 1.165) is 12.1 Å². The van der Waals surface area contributed by atoms with Crippen LogP contribution in [0.5, 0.6) is 0 Å². The first-order valence-corrected chi connectivity index (χ1v) is 7.04. The first-order valence-electron chi connectivity index (χ1n) is 6.66. The van der Waals surface area contributed by atoms with Crippen molar-refractivity contribution in [2.24, 2.45) is 0 Å². The zero-order valence-corrected chi connectivity index (χ0v) is 13.4. The maximum absolute atomic E-state index is 12.9. The van der Waals surface area contributed by atoms with E-state index in [1.807, 2.05) is 20.8 Å². The van der Waals surface area contributed by atoms with Gasteiger partial charge in [0.25, 0.3) is 0 Å². The number of halogens is 4. The lowest BCUT2D eigenvalue weighted by Gasteiger charge is -2.21. The van der Waals surface area contributed by atoms with Gasteiger partial charge in [-0.1, -0.05) is 11.6 Å². The van der Waals surface area contributed by atoms with Crippen LogP contribution in [0.3, 0.4) is 0 Å². The van der Waals surface area contributed by atoms with Crippen molar-refractivity contribution in [3.63, 3.8) is 0 Å². The molecular formula is C14H15ClF3N5. The summed E-state index contributed by atoms with van der Waals surface area (Å²) in [5.74, 6) is 0.537. The molecule has 2 rings (SSSR count). The highest BCUT2D eigenvalue weighted by molar-refractivity contribution is 6.31. The highest BCUT2D eigenvalue weighted by Crippen LogP contribution is 2.36. The average molecular weight is 346 g/mol. The number of anilines is 3. The zero-order valence-electron chi connectivity index (χ0n) is 12.7. The number of benzene rings is 1. The molecule has 0 aliphatic rings. The Hall–Kier alpha value is -2.09. The lowest BCUT2D eigenvalue weighted by molar-refractivity contribution is -0.137. The van der Waals surface area contributed by atoms with Gasteiger partial charge < -0.3 is 10.6 Å². The SMILES string of the molecule is CC(C)(C)Nc1cnnc(Nc2ccc(Cl)c(C(F)(F)F)c2)n1. The summed E-state index contributed by atoms with van der Waals surface area (Å²) >= 11 is 5.58. The molecule has 0 amide bonds. The van der Waals surface area contributed by atoms with Gasteiger partial charge in [0.15, 0.2) is 5.82 Å². The van der Waals surface area contributed by atoms with Crippen molar-refractivity contribution in [3.8, 4) is 0 Å². The van der Waals surface area contributed by atoms with Gasteiger partial charge in [-0.3, -0.25) is 0 Å². The molecule has 0 saturated heterocycles. The highest BCUT2D eigenvalue weighted by atomic mass is 35.5. The van der Waals surface area contributed by atoms with Crippen LogP contribution in [0.25, 0.3) is 0 Å². The summed E-state index contributed by atoms with van der Waals surface area (Å²) in [5, 5.41) is 12.9. The largest absolute Gasteiger partial charge is 0.417 e. The minimum atomic E-state index is -4.54. The molecule has 5 nitrogen and oxygen atoms in total. The number of nitrogens with one attached hydrogen (secondary N) is 2. The molecule has 0 radical (unpaired) electrons. The molecule has 1 heterocycles. The minimum absolute atomic E-state index is 0.0784. The number of nitrogens with zero attached hydrogens (tertiary/aromatic N) is 3. The molecule has 2 N–H and O–H groups in total. The number of rotatable bonds is 3. The number of aromatic nitrogens is 3. The lowest BCUT2D eigenvalue weighted by Crippen LogP contribution is -2.27. The first-order chi connectivity index (χ1) is 10.5. The number of hydrogen-bond acceptors (Lipinski definition) is 5. The van der Waals surface area contributed by atoms with Crippen molar-refractivity contribution >= 4 is 29.1 Å². The standard InChI is InChI=1S/C14H15ClF3N5/c1-13(2,3)22-11-7-19-23-12(21-11)20-8-4-5-10(15)9(6-8)14(16,17)18/h4-7H,1-3H3,(H2,20,21,22,23). The van der Waals surface area contributed by atoms with Gasteiger partial charge in [-0.05, 0) is 39.0 Å². The van der Waals surface area contributed by atoms with Crippen LogP contribution >= 0.6 is 11.6 Å². The second-order valence-electron chi connectivity index (χ2n) is 5.86. The normalized spacial score (nSPS) is 12.1. The van der Waals surface area contributed by atoms with Crippen LogP contribution in [0.2, 0.25) is 5.02 Å². The third-order valence-electron chi connectivity index (χ3n) is 2.59. The Labute approximate surface area is 136 Å². The van der Waals surface area contributed by atoms with Crippen molar-refractivity contribution in [1.82, 2.24) is 15.2 Å². The van der Waals surface area contributed by atoms with Gasteiger partial charge in [-0.15, -0.1) is 5.10 Å². The predicted molar refractivity (Wildman–Crippen MR) is 82.9 cm³/mol. The summed E-state index contributed by atoms with van der Waals surface area (Å²) < 4.78 is 38.6. The Morgan fingerprint density at radius 3 is 2.43 bits per heavy atom. The highest BCUT2D eigenvalue weighted by Gasteiger charge is 2.33. The summed E-state index contributed by atoms with van der Waals surface area (Å²) in [6.07, 6.45) is -3.11. The van der Waals surface area contributed by atoms with Gasteiger partial charge in [0.05, 0.1) is 16.8 Å². The molecule has 0 spiro atoms. The van der Waals surface area contributed by atoms with E-state index in [1.165, 1.54) is 12.3 Å². The molecule has 0 aliphatic carbocycles. The molecular weight excluding hydrogens is 331 g/mol. The van der Waals surface area contributed by atoms with E-state index in [9.17, 15) is 13.2 Å². The van der Waals surface area contributed by atoms with Gasteiger partial charge in [0, 0.05) is 11.2 Å². The van der Waals surface area contributed by atoms with E-state index in [-0.39, 0.29) is 22.2 Å². The molecule has 0 bridgehead atoms. The summed E-state index contributed by atoms with van der Waals surface area (Å²) in [6, 6.07) is 3.47. The third kappa shape index (κ3) is 4.95. The van der Waals surface area contributed by atoms with Crippen LogP contribution in [-0.4, -0.2) is 20.7 Å². The van der Waals surface area contributed by atoms with Crippen molar-refractivity contribution in [2.45, 2.75) is 32.5 Å². The van der Waals surface area contributed by atoms with Crippen molar-refractivity contribution < 1.29 is 13.2 Å². The fraction of sp³-hybridized carbons (Fsp3) is 0.357. The van der Waals surface area contributed by atoms with E-state index in [2.05, 4.69) is 25.8 Å². The van der Waals surface area contributed by atoms with Crippen molar-refractivity contribution in [2.75, 3.05) is 10.6 Å². The fourth-order valence-corrected chi connectivity index (χ4v) is 1.98. The Kier molecular flexibility index (Phi) is 4.65. The molecule has 0 fully saturated rings. The smallest absolute Gasteiger partial charge is 0.364 e. The molecule has 2 aromatic rings. The van der Waals surface area contributed by atoms with Gasteiger partial charge in [-0.25, -0.2) is 0 Å². The van der Waals surface area contributed by atoms with Gasteiger partial charge in [-0.2, -0.15) is 23.3 Å². The molecule has 0 aliphatic heterocycles. The molecule has 124 valence electrons. The Balaban J connectivity index is 2.25. The summed E-state index contributed by atoms with van der Waals surface area (Å²) in [5.41, 5.74) is -1.01. The van der Waals surface area contributed by atoms with Crippen LogP contribution in [0.4, 0.5) is 30.6 Å². The Morgan fingerprint density at radius 1 is 1.13 bits per heavy atom. The number of hydrogen-bond donors (Lipinski definition) is 2. The lowest BCUT2D eigenvalue weighted by atomic mass is 10.1. The van der Waals surface area contributed by atoms with Crippen LogP contribution in [0.1, 0.15) is 26.3 Å². The molecule has 0 saturated carbocycles. The second kappa shape index (κ2) is 6.19. The monoisotopic (exact) mass is 345 g/mol. The zero-order chi connectivity index (χ0) is 17.3. The topological polar surface area (TPSA) is 62.7 Å². The summed E-state index contributed by atoms with van der Waals surface area (Å²) in [4.78, 5) is 4.16. The van der Waals surface area contributed by atoms with E-state index >= 15 is 0 Å². The van der Waals surface area contributed by atoms with E-state index in [0.29, 0.717) is 5.82 Å². The van der Waals surface area contributed by atoms with Crippen LogP contribution in [0.15, 0.2) is 24.4 Å². The van der Waals surface area contributed by atoms with E-state index in [1.54, 1.807) is 0 Å². The van der Waals surface area contributed by atoms with Crippen LogP contribution < -0.4 is 10.6 Å². The fourth-order valence-electron chi connectivity index (χ4n) is 1.75. The number of alkyl halides is 3. The van der Waals surface area contributed by atoms with E-state index in [4.69, 9.17) is 11.6 Å². The maximum atomic E-state index is 12.9. The molecule has 1 aromatic carbocycles. The van der Waals surface area contributed by atoms with Gasteiger partial charge >= 0.3 is 6.18 Å². The Morgan fingerprint density at radius 2 is 1.83 bits per heavy atom. The molecule has 1 aromatic heterocycles. The molecule has 0 unspecified atom stereocenters. The molecule has 9 heteroatoms. The van der Waals surface area contributed by atoms with Crippen LogP contribution in [-0.2, 0) is 6.18 Å². The van der Waals surface area contributed by atoms with E-state index < -0.39 is 11.7 Å². The maximum Gasteiger partial charge on any atom is 0.417 e. The second-order valence-corrected chi connectivity index (χ2v) is 6.26. The average Bonchev–Trinajstić information content (AvgIpc) is 2.38. The van der Waals surface area contributed by atoms with Gasteiger partial charge in [0.2, 0.25) is 5.95 Å². The van der Waals surface area contributed by atoms with Crippen LogP contribution in [0, 0.1) is 0 Å². The summed E-state index contributed by atoms with van der Waals surface area (Å²) in [7, 11) is 0. The minimum Gasteiger partial charge on any atom is -0.364 e. The molecule has 0 atom stereocenters. The first kappa shape index (κ1) is 17.3. The predicted octanol–water partition coefficient (Wildman–Crippen LogP) is 4.50. The third-order valence-corrected chi connectivity index (χ3v) is 2.92.